The van der Waals surface area contributed by atoms with Crippen LogP contribution in [0.15, 0.2) is 25.0 Å². The van der Waals surface area contributed by atoms with Gasteiger partial charge >= 0.3 is 0 Å². The van der Waals surface area contributed by atoms with Crippen LogP contribution in [-0.4, -0.2) is 77.7 Å². The third-order valence-electron chi connectivity index (χ3n) is 4.09. The largest absolute Gasteiger partial charge is 0.352 e. The fourth-order valence-electron chi connectivity index (χ4n) is 2.78. The van der Waals surface area contributed by atoms with Gasteiger partial charge in [-0.15, -0.1) is 31.4 Å². The van der Waals surface area contributed by atoms with Gasteiger partial charge in [0, 0.05) is 51.5 Å². The number of carbonyl (C=O) groups excluding carboxylic acids is 2. The van der Waals surface area contributed by atoms with E-state index < -0.39 is 0 Å². The molecule has 10 heteroatoms. The molecule has 2 heterocycles. The summed E-state index contributed by atoms with van der Waals surface area (Å²) < 4.78 is 1.69. The van der Waals surface area contributed by atoms with Crippen LogP contribution < -0.4 is 10.6 Å². The van der Waals surface area contributed by atoms with Gasteiger partial charge < -0.3 is 15.5 Å². The van der Waals surface area contributed by atoms with Crippen LogP contribution in [0.1, 0.15) is 11.6 Å². The summed E-state index contributed by atoms with van der Waals surface area (Å²) in [6.45, 7) is 7.03. The van der Waals surface area contributed by atoms with E-state index in [-0.39, 0.29) is 42.7 Å². The van der Waals surface area contributed by atoms with Crippen LogP contribution in [0.2, 0.25) is 0 Å². The maximum Gasteiger partial charge on any atom is 0.244 e. The van der Waals surface area contributed by atoms with Crippen molar-refractivity contribution in [3.8, 4) is 0 Å². The lowest BCUT2D eigenvalue weighted by atomic mass is 10.1. The van der Waals surface area contributed by atoms with Gasteiger partial charge in [0.1, 0.15) is 6.04 Å². The first-order chi connectivity index (χ1) is 11.5. The summed E-state index contributed by atoms with van der Waals surface area (Å²) >= 11 is 0. The number of aryl methyl sites for hydroxylation is 1. The second kappa shape index (κ2) is 11.9. The Hall–Kier alpha value is -1.61. The molecule has 26 heavy (non-hydrogen) atoms. The first kappa shape index (κ1) is 24.4. The van der Waals surface area contributed by atoms with E-state index in [1.807, 2.05) is 18.1 Å². The van der Waals surface area contributed by atoms with Crippen LogP contribution in [0, 0.1) is 0 Å². The number of nitrogens with one attached hydrogen (secondary N) is 2. The van der Waals surface area contributed by atoms with E-state index in [2.05, 4.69) is 27.2 Å². The van der Waals surface area contributed by atoms with Gasteiger partial charge in [-0.05, 0) is 7.05 Å². The second-order valence-electron chi connectivity index (χ2n) is 5.86. The molecule has 0 radical (unpaired) electrons. The van der Waals surface area contributed by atoms with Crippen LogP contribution in [0.4, 0.5) is 0 Å². The molecule has 1 atom stereocenters. The highest BCUT2D eigenvalue weighted by Crippen LogP contribution is 2.16. The highest BCUT2D eigenvalue weighted by molar-refractivity contribution is 5.85. The topological polar surface area (TPSA) is 82.5 Å². The van der Waals surface area contributed by atoms with Crippen LogP contribution >= 0.6 is 24.8 Å². The molecule has 1 saturated heterocycles. The molecule has 0 aromatic carbocycles. The number of aromatic nitrogens is 2. The Bertz CT molecular complexity index is 587. The van der Waals surface area contributed by atoms with E-state index in [4.69, 9.17) is 0 Å². The molecule has 148 valence electrons. The van der Waals surface area contributed by atoms with Crippen molar-refractivity contribution >= 4 is 36.6 Å². The van der Waals surface area contributed by atoms with Gasteiger partial charge in [0.2, 0.25) is 11.8 Å². The van der Waals surface area contributed by atoms with Gasteiger partial charge in [-0.25, -0.2) is 0 Å². The second-order valence-corrected chi connectivity index (χ2v) is 5.86. The number of halogens is 2. The lowest BCUT2D eigenvalue weighted by Gasteiger charge is -2.35. The van der Waals surface area contributed by atoms with Crippen LogP contribution in [0.25, 0.3) is 0 Å². The lowest BCUT2D eigenvalue weighted by molar-refractivity contribution is -0.135. The normalized spacial score (nSPS) is 15.4. The predicted molar refractivity (Wildman–Crippen MR) is 106 cm³/mol. The Kier molecular flexibility index (Phi) is 11.2. The molecule has 1 fully saturated rings. The first-order valence-corrected chi connectivity index (χ1v) is 8.09. The van der Waals surface area contributed by atoms with E-state index in [1.54, 1.807) is 24.0 Å². The molecule has 2 rings (SSSR count). The Morgan fingerprint density at radius 2 is 1.96 bits per heavy atom. The number of hydrogen-bond acceptors (Lipinski definition) is 5. The monoisotopic (exact) mass is 406 g/mol. The van der Waals surface area contributed by atoms with Gasteiger partial charge in [-0.2, -0.15) is 5.10 Å². The predicted octanol–water partition coefficient (Wildman–Crippen LogP) is -0.0294. The Morgan fingerprint density at radius 1 is 1.31 bits per heavy atom. The minimum absolute atomic E-state index is 0. The van der Waals surface area contributed by atoms with Gasteiger partial charge in [0.05, 0.1) is 12.7 Å². The molecule has 1 aliphatic heterocycles. The molecule has 0 saturated carbocycles. The highest BCUT2D eigenvalue weighted by Gasteiger charge is 2.28. The zero-order valence-corrected chi connectivity index (χ0v) is 16.8. The van der Waals surface area contributed by atoms with Crippen LogP contribution in [0.3, 0.4) is 0 Å². The quantitative estimate of drug-likeness (QED) is 0.621. The van der Waals surface area contributed by atoms with Crippen molar-refractivity contribution in [3.05, 3.63) is 30.6 Å². The Morgan fingerprint density at radius 3 is 2.46 bits per heavy atom. The molecule has 0 aliphatic carbocycles. The van der Waals surface area contributed by atoms with E-state index >= 15 is 0 Å². The molecule has 0 bridgehead atoms. The molecule has 0 spiro atoms. The minimum Gasteiger partial charge on any atom is -0.352 e. The summed E-state index contributed by atoms with van der Waals surface area (Å²) in [5.74, 6) is 0.0272. The van der Waals surface area contributed by atoms with Crippen LogP contribution in [0.5, 0.6) is 0 Å². The average Bonchev–Trinajstić information content (AvgIpc) is 3.00. The maximum absolute atomic E-state index is 12.7. The smallest absolute Gasteiger partial charge is 0.244 e. The van der Waals surface area contributed by atoms with E-state index in [0.717, 1.165) is 5.56 Å². The molecule has 1 aromatic heterocycles. The Balaban J connectivity index is 0.00000312. The molecule has 2 N–H and O–H groups in total. The van der Waals surface area contributed by atoms with Crippen LogP contribution in [-0.2, 0) is 16.6 Å². The van der Waals surface area contributed by atoms with E-state index in [0.29, 0.717) is 39.3 Å². The van der Waals surface area contributed by atoms with Crippen molar-refractivity contribution in [3.63, 3.8) is 0 Å². The van der Waals surface area contributed by atoms with Gasteiger partial charge in [-0.1, -0.05) is 6.08 Å². The van der Waals surface area contributed by atoms with E-state index in [9.17, 15) is 9.59 Å². The van der Waals surface area contributed by atoms with E-state index in [1.165, 1.54) is 0 Å². The number of nitrogens with zero attached hydrogens (tertiary/aromatic N) is 4. The third-order valence-corrected chi connectivity index (χ3v) is 4.09. The number of likely N-dealkylation sites (N-methyl/N-ethyl adjacent to an activating group) is 1. The summed E-state index contributed by atoms with van der Waals surface area (Å²) in [6.07, 6.45) is 5.21. The summed E-state index contributed by atoms with van der Waals surface area (Å²) in [7, 11) is 3.60. The van der Waals surface area contributed by atoms with Crippen molar-refractivity contribution in [1.82, 2.24) is 30.2 Å². The SMILES string of the molecule is C=CCNC(=O)CN1CCN(C(=O)C(NC)c2cnn(C)c2)CC1.Cl.Cl. The van der Waals surface area contributed by atoms with Crippen molar-refractivity contribution < 1.29 is 9.59 Å². The number of amides is 2. The lowest BCUT2D eigenvalue weighted by Crippen LogP contribution is -2.53. The van der Waals surface area contributed by atoms with Crippen molar-refractivity contribution in [1.29, 1.82) is 0 Å². The number of piperazine rings is 1. The fourth-order valence-corrected chi connectivity index (χ4v) is 2.78. The molecule has 2 amide bonds. The minimum atomic E-state index is -0.388. The molecule has 1 unspecified atom stereocenters. The molecule has 1 aliphatic rings. The zero-order chi connectivity index (χ0) is 17.5. The van der Waals surface area contributed by atoms with Gasteiger partial charge in [-0.3, -0.25) is 19.2 Å². The van der Waals surface area contributed by atoms with Gasteiger partial charge in [0.25, 0.3) is 0 Å². The molecule has 1 aromatic rings. The summed E-state index contributed by atoms with van der Waals surface area (Å²) in [6, 6.07) is -0.388. The maximum atomic E-state index is 12.7. The number of rotatable bonds is 7. The van der Waals surface area contributed by atoms with Crippen molar-refractivity contribution in [2.45, 2.75) is 6.04 Å². The molecule has 8 nitrogen and oxygen atoms in total. The standard InChI is InChI=1S/C16H26N6O2.2ClH/c1-4-5-18-14(23)12-21-6-8-22(9-7-21)16(24)15(17-2)13-10-19-20(3)11-13;;/h4,10-11,15,17H,1,5-9,12H2,2-3H3,(H,18,23);2*1H. The Labute approximate surface area is 166 Å². The van der Waals surface area contributed by atoms with Crippen molar-refractivity contribution in [2.75, 3.05) is 46.3 Å². The number of hydrogen-bond donors (Lipinski definition) is 2. The summed E-state index contributed by atoms with van der Waals surface area (Å²) in [5.41, 5.74) is 0.858. The zero-order valence-electron chi connectivity index (χ0n) is 15.2. The fraction of sp³-hybridized carbons (Fsp3) is 0.562. The third kappa shape index (κ3) is 6.60. The first-order valence-electron chi connectivity index (χ1n) is 8.09. The van der Waals surface area contributed by atoms with Gasteiger partial charge in [0.15, 0.2) is 0 Å². The highest BCUT2D eigenvalue weighted by atomic mass is 35.5. The van der Waals surface area contributed by atoms with Crippen molar-refractivity contribution in [2.24, 2.45) is 7.05 Å². The number of carbonyl (C=O) groups is 2. The average molecular weight is 407 g/mol. The molecular weight excluding hydrogens is 379 g/mol. The summed E-state index contributed by atoms with van der Waals surface area (Å²) in [5, 5.41) is 9.96. The summed E-state index contributed by atoms with van der Waals surface area (Å²) in [4.78, 5) is 28.3. The molecular formula is C16H28Cl2N6O2.